The Bertz CT molecular complexity index is 818. The number of fused-ring (bicyclic) bond motifs is 3. The third-order valence-corrected chi connectivity index (χ3v) is 3.24. The van der Waals surface area contributed by atoms with Crippen LogP contribution in [0.3, 0.4) is 0 Å². The number of rotatable bonds is 0. The fourth-order valence-corrected chi connectivity index (χ4v) is 2.41. The fraction of sp³-hybridized carbons (Fsp3) is 0.0667. The molecule has 0 saturated heterocycles. The van der Waals surface area contributed by atoms with E-state index in [1.54, 1.807) is 0 Å². The van der Waals surface area contributed by atoms with Gasteiger partial charge in [0.1, 0.15) is 5.82 Å². The topological polar surface area (TPSA) is 41.6 Å². The molecule has 2 heterocycles. The number of hydrogen-bond donors (Lipinski definition) is 1. The van der Waals surface area contributed by atoms with Crippen LogP contribution in [0.1, 0.15) is 5.82 Å². The van der Waals surface area contributed by atoms with E-state index in [1.165, 1.54) is 5.39 Å². The van der Waals surface area contributed by atoms with Crippen LogP contribution in [0.15, 0.2) is 42.5 Å². The summed E-state index contributed by atoms with van der Waals surface area (Å²) in [5.74, 6) is 0.935. The zero-order chi connectivity index (χ0) is 12.1. The van der Waals surface area contributed by atoms with E-state index in [4.69, 9.17) is 0 Å². The lowest BCUT2D eigenvalue weighted by Crippen LogP contribution is -1.82. The highest BCUT2D eigenvalue weighted by Crippen LogP contribution is 2.23. The van der Waals surface area contributed by atoms with Gasteiger partial charge in [-0.2, -0.15) is 0 Å². The van der Waals surface area contributed by atoms with Crippen LogP contribution in [0.4, 0.5) is 0 Å². The molecular formula is C15H11N3. The van der Waals surface area contributed by atoms with Crippen LogP contribution in [0.5, 0.6) is 0 Å². The maximum atomic E-state index is 4.68. The van der Waals surface area contributed by atoms with Gasteiger partial charge in [0, 0.05) is 10.8 Å². The number of para-hydroxylation sites is 1. The Balaban J connectivity index is 2.19. The van der Waals surface area contributed by atoms with Gasteiger partial charge in [0.25, 0.3) is 0 Å². The smallest absolute Gasteiger partial charge is 0.104 e. The molecule has 3 nitrogen and oxygen atoms in total. The first-order valence-corrected chi connectivity index (χ1v) is 5.95. The number of benzene rings is 2. The van der Waals surface area contributed by atoms with Gasteiger partial charge < -0.3 is 4.98 Å². The summed E-state index contributed by atoms with van der Waals surface area (Å²) in [6.07, 6.45) is 0. The average Bonchev–Trinajstić information content (AvgIpc) is 2.72. The summed E-state index contributed by atoms with van der Waals surface area (Å²) in [6, 6.07) is 14.5. The van der Waals surface area contributed by atoms with E-state index in [0.717, 1.165) is 33.3 Å². The lowest BCUT2D eigenvalue weighted by molar-refractivity contribution is 1.17. The van der Waals surface area contributed by atoms with Crippen LogP contribution in [-0.4, -0.2) is 15.0 Å². The first-order valence-electron chi connectivity index (χ1n) is 5.95. The molecule has 0 bridgehead atoms. The van der Waals surface area contributed by atoms with E-state index in [0.29, 0.717) is 0 Å². The van der Waals surface area contributed by atoms with Gasteiger partial charge in [0.2, 0.25) is 0 Å². The Hall–Kier alpha value is -2.42. The molecule has 0 aliphatic carbocycles. The number of aryl methyl sites for hydroxylation is 1. The number of H-pyrrole nitrogens is 1. The van der Waals surface area contributed by atoms with Crippen molar-refractivity contribution in [1.82, 2.24) is 15.0 Å². The number of imidazole rings is 1. The largest absolute Gasteiger partial charge is 0.342 e. The molecule has 0 radical (unpaired) electrons. The van der Waals surface area contributed by atoms with E-state index in [1.807, 2.05) is 31.2 Å². The molecule has 2 aromatic carbocycles. The van der Waals surface area contributed by atoms with Gasteiger partial charge in [-0.25, -0.2) is 9.97 Å². The van der Waals surface area contributed by atoms with Crippen molar-refractivity contribution in [3.05, 3.63) is 48.3 Å². The summed E-state index contributed by atoms with van der Waals surface area (Å²) < 4.78 is 0. The summed E-state index contributed by atoms with van der Waals surface area (Å²) in [6.45, 7) is 1.97. The molecule has 1 N–H and O–H groups in total. The fourth-order valence-electron chi connectivity index (χ4n) is 2.41. The third kappa shape index (κ3) is 1.31. The van der Waals surface area contributed by atoms with Crippen molar-refractivity contribution in [2.24, 2.45) is 0 Å². The summed E-state index contributed by atoms with van der Waals surface area (Å²) in [5, 5.41) is 2.31. The molecule has 18 heavy (non-hydrogen) atoms. The van der Waals surface area contributed by atoms with Crippen molar-refractivity contribution in [2.75, 3.05) is 0 Å². The van der Waals surface area contributed by atoms with Crippen molar-refractivity contribution in [1.29, 1.82) is 0 Å². The molecule has 0 unspecified atom stereocenters. The molecule has 0 aliphatic rings. The lowest BCUT2D eigenvalue weighted by Gasteiger charge is -2.01. The minimum Gasteiger partial charge on any atom is -0.342 e. The lowest BCUT2D eigenvalue weighted by atomic mass is 10.1. The van der Waals surface area contributed by atoms with Crippen LogP contribution in [0.25, 0.3) is 32.8 Å². The standard InChI is InChI=1S/C15H11N3/c1-9-16-14-7-11-6-10-4-2-3-5-12(10)18-13(11)8-15(14)17-9/h2-8H,1H3,(H,16,17). The van der Waals surface area contributed by atoms with Crippen molar-refractivity contribution in [2.45, 2.75) is 6.92 Å². The Morgan fingerprint density at radius 2 is 1.72 bits per heavy atom. The highest BCUT2D eigenvalue weighted by atomic mass is 14.9. The molecule has 0 atom stereocenters. The van der Waals surface area contributed by atoms with Gasteiger partial charge in [-0.3, -0.25) is 0 Å². The first-order chi connectivity index (χ1) is 8.79. The van der Waals surface area contributed by atoms with Crippen LogP contribution in [0.2, 0.25) is 0 Å². The van der Waals surface area contributed by atoms with E-state index in [-0.39, 0.29) is 0 Å². The van der Waals surface area contributed by atoms with Gasteiger partial charge in [-0.15, -0.1) is 0 Å². The number of hydrogen-bond acceptors (Lipinski definition) is 2. The third-order valence-electron chi connectivity index (χ3n) is 3.24. The molecule has 0 spiro atoms. The molecule has 0 aliphatic heterocycles. The molecular weight excluding hydrogens is 222 g/mol. The van der Waals surface area contributed by atoms with E-state index >= 15 is 0 Å². The molecule has 4 aromatic rings. The van der Waals surface area contributed by atoms with Crippen molar-refractivity contribution in [3.63, 3.8) is 0 Å². The second-order valence-electron chi connectivity index (χ2n) is 4.57. The zero-order valence-electron chi connectivity index (χ0n) is 9.94. The molecule has 0 amide bonds. The minimum absolute atomic E-state index is 0.935. The van der Waals surface area contributed by atoms with Gasteiger partial charge in [-0.1, -0.05) is 18.2 Å². The quantitative estimate of drug-likeness (QED) is 0.472. The summed E-state index contributed by atoms with van der Waals surface area (Å²) in [4.78, 5) is 12.4. The van der Waals surface area contributed by atoms with E-state index < -0.39 is 0 Å². The van der Waals surface area contributed by atoms with Crippen LogP contribution >= 0.6 is 0 Å². The highest BCUT2D eigenvalue weighted by Gasteiger charge is 2.04. The predicted octanol–water partition coefficient (Wildman–Crippen LogP) is 3.57. The van der Waals surface area contributed by atoms with Crippen LogP contribution < -0.4 is 0 Å². The Morgan fingerprint density at radius 3 is 2.67 bits per heavy atom. The monoisotopic (exact) mass is 233 g/mol. The number of aromatic nitrogens is 3. The normalized spacial score (nSPS) is 11.6. The highest BCUT2D eigenvalue weighted by molar-refractivity contribution is 5.98. The minimum atomic E-state index is 0.935. The van der Waals surface area contributed by atoms with Crippen molar-refractivity contribution < 1.29 is 0 Å². The summed E-state index contributed by atoms with van der Waals surface area (Å²) in [5.41, 5.74) is 4.06. The Kier molecular flexibility index (Phi) is 1.75. The van der Waals surface area contributed by atoms with Gasteiger partial charge in [-0.05, 0) is 31.2 Å². The maximum Gasteiger partial charge on any atom is 0.104 e. The molecule has 0 saturated carbocycles. The SMILES string of the molecule is Cc1nc2cc3nc4ccccc4cc3cc2[nH]1. The molecule has 3 heteroatoms. The number of nitrogens with zero attached hydrogens (tertiary/aromatic N) is 2. The van der Waals surface area contributed by atoms with Gasteiger partial charge >= 0.3 is 0 Å². The van der Waals surface area contributed by atoms with Crippen LogP contribution in [-0.2, 0) is 0 Å². The summed E-state index contributed by atoms with van der Waals surface area (Å²) in [7, 11) is 0. The predicted molar refractivity (Wildman–Crippen MR) is 73.6 cm³/mol. The summed E-state index contributed by atoms with van der Waals surface area (Å²) >= 11 is 0. The van der Waals surface area contributed by atoms with Crippen LogP contribution in [0, 0.1) is 6.92 Å². The molecule has 4 rings (SSSR count). The first kappa shape index (κ1) is 9.59. The second-order valence-corrected chi connectivity index (χ2v) is 4.57. The number of pyridine rings is 1. The van der Waals surface area contributed by atoms with Gasteiger partial charge in [0.15, 0.2) is 0 Å². The zero-order valence-corrected chi connectivity index (χ0v) is 9.94. The maximum absolute atomic E-state index is 4.68. The second kappa shape index (κ2) is 3.29. The van der Waals surface area contributed by atoms with Gasteiger partial charge in [0.05, 0.1) is 22.1 Å². The van der Waals surface area contributed by atoms with E-state index in [2.05, 4.69) is 33.2 Å². The Morgan fingerprint density at radius 1 is 0.833 bits per heavy atom. The Labute approximate surface area is 103 Å². The van der Waals surface area contributed by atoms with E-state index in [9.17, 15) is 0 Å². The number of aromatic amines is 1. The van der Waals surface area contributed by atoms with Crippen molar-refractivity contribution in [3.8, 4) is 0 Å². The average molecular weight is 233 g/mol. The molecule has 86 valence electrons. The number of nitrogens with one attached hydrogen (secondary N) is 1. The van der Waals surface area contributed by atoms with Crippen molar-refractivity contribution >= 4 is 32.8 Å². The molecule has 0 fully saturated rings. The molecule has 2 aromatic heterocycles.